The van der Waals surface area contributed by atoms with Gasteiger partial charge in [-0.1, -0.05) is 43.4 Å². The van der Waals surface area contributed by atoms with Crippen LogP contribution < -0.4 is 0 Å². The Bertz CT molecular complexity index is 324. The Balaban J connectivity index is 2.43. The lowest BCUT2D eigenvalue weighted by atomic mass is 10.1. The molecule has 0 aliphatic rings. The molecule has 0 aliphatic heterocycles. The molecule has 0 spiro atoms. The Kier molecular flexibility index (Phi) is 5.03. The van der Waals surface area contributed by atoms with Crippen molar-refractivity contribution in [2.24, 2.45) is 0 Å². The molecule has 1 nitrogen and oxygen atoms in total. The monoisotopic (exact) mass is 256 g/mol. The molecule has 0 atom stereocenters. The average Bonchev–Trinajstić information content (AvgIpc) is 2.14. The maximum Gasteiger partial charge on any atom is 0.0733 e. The summed E-state index contributed by atoms with van der Waals surface area (Å²) in [5, 5.41) is 0.813. The highest BCUT2D eigenvalue weighted by molar-refractivity contribution is 6.76. The molecule has 0 saturated heterocycles. The van der Waals surface area contributed by atoms with Crippen LogP contribution in [0.5, 0.6) is 0 Å². The molecule has 3 heteroatoms. The lowest BCUT2D eigenvalue weighted by Crippen LogP contribution is -2.21. The van der Waals surface area contributed by atoms with E-state index in [4.69, 9.17) is 16.3 Å². The van der Waals surface area contributed by atoms with E-state index in [-0.39, 0.29) is 0 Å². The van der Waals surface area contributed by atoms with Gasteiger partial charge in [0.25, 0.3) is 0 Å². The van der Waals surface area contributed by atoms with Gasteiger partial charge in [0.05, 0.1) is 6.61 Å². The number of hydrogen-bond acceptors (Lipinski definition) is 1. The number of benzene rings is 1. The molecular weight excluding hydrogens is 236 g/mol. The van der Waals surface area contributed by atoms with Crippen LogP contribution in [0.3, 0.4) is 0 Å². The third kappa shape index (κ3) is 4.68. The SMILES string of the molecule is Cc1cccc(Cl)c1COCC[Si](C)(C)C. The summed E-state index contributed by atoms with van der Waals surface area (Å²) in [5.74, 6) is 0. The highest BCUT2D eigenvalue weighted by Crippen LogP contribution is 2.20. The fourth-order valence-electron chi connectivity index (χ4n) is 1.40. The van der Waals surface area contributed by atoms with Gasteiger partial charge in [0.2, 0.25) is 0 Å². The molecule has 1 aromatic rings. The van der Waals surface area contributed by atoms with Gasteiger partial charge in [-0.3, -0.25) is 0 Å². The topological polar surface area (TPSA) is 9.23 Å². The highest BCUT2D eigenvalue weighted by atomic mass is 35.5. The van der Waals surface area contributed by atoms with E-state index in [1.165, 1.54) is 11.6 Å². The van der Waals surface area contributed by atoms with Crippen molar-refractivity contribution in [2.45, 2.75) is 39.2 Å². The second kappa shape index (κ2) is 5.85. The summed E-state index contributed by atoms with van der Waals surface area (Å²) < 4.78 is 5.71. The molecule has 90 valence electrons. The predicted octanol–water partition coefficient (Wildman–Crippen LogP) is 4.50. The minimum atomic E-state index is -0.981. The molecule has 0 heterocycles. The van der Waals surface area contributed by atoms with Crippen molar-refractivity contribution in [1.82, 2.24) is 0 Å². The fraction of sp³-hybridized carbons (Fsp3) is 0.538. The predicted molar refractivity (Wildman–Crippen MR) is 74.0 cm³/mol. The molecular formula is C13H21ClOSi. The van der Waals surface area contributed by atoms with Crippen LogP contribution in [0.4, 0.5) is 0 Å². The Labute approximate surface area is 105 Å². The summed E-state index contributed by atoms with van der Waals surface area (Å²) in [5.41, 5.74) is 2.33. The average molecular weight is 257 g/mol. The first kappa shape index (κ1) is 13.8. The Morgan fingerprint density at radius 3 is 2.50 bits per heavy atom. The van der Waals surface area contributed by atoms with Crippen molar-refractivity contribution in [3.63, 3.8) is 0 Å². The quantitative estimate of drug-likeness (QED) is 0.557. The Morgan fingerprint density at radius 2 is 1.94 bits per heavy atom. The summed E-state index contributed by atoms with van der Waals surface area (Å²) in [4.78, 5) is 0. The van der Waals surface area contributed by atoms with Crippen molar-refractivity contribution < 1.29 is 4.74 Å². The van der Waals surface area contributed by atoms with E-state index in [0.29, 0.717) is 6.61 Å². The van der Waals surface area contributed by atoms with E-state index < -0.39 is 8.07 Å². The number of hydrogen-bond donors (Lipinski definition) is 0. The van der Waals surface area contributed by atoms with Gasteiger partial charge < -0.3 is 4.74 Å². The summed E-state index contributed by atoms with van der Waals surface area (Å²) >= 11 is 6.13. The lowest BCUT2D eigenvalue weighted by molar-refractivity contribution is 0.133. The first-order chi connectivity index (χ1) is 7.40. The van der Waals surface area contributed by atoms with E-state index in [9.17, 15) is 0 Å². The zero-order valence-electron chi connectivity index (χ0n) is 10.6. The smallest absolute Gasteiger partial charge is 0.0733 e. The fourth-order valence-corrected chi connectivity index (χ4v) is 2.43. The van der Waals surface area contributed by atoms with E-state index in [0.717, 1.165) is 17.2 Å². The van der Waals surface area contributed by atoms with Crippen LogP contribution in [0.2, 0.25) is 30.7 Å². The summed E-state index contributed by atoms with van der Waals surface area (Å²) in [7, 11) is -0.981. The molecule has 16 heavy (non-hydrogen) atoms. The van der Waals surface area contributed by atoms with Crippen molar-refractivity contribution in [2.75, 3.05) is 6.61 Å². The molecule has 0 aliphatic carbocycles. The van der Waals surface area contributed by atoms with Crippen molar-refractivity contribution >= 4 is 19.7 Å². The number of ether oxygens (including phenoxy) is 1. The Morgan fingerprint density at radius 1 is 1.25 bits per heavy atom. The molecule has 0 aromatic heterocycles. The van der Waals surface area contributed by atoms with Gasteiger partial charge in [-0.05, 0) is 30.2 Å². The van der Waals surface area contributed by atoms with Gasteiger partial charge in [0.1, 0.15) is 0 Å². The second-order valence-electron chi connectivity index (χ2n) is 5.40. The van der Waals surface area contributed by atoms with Crippen LogP contribution in [-0.2, 0) is 11.3 Å². The van der Waals surface area contributed by atoms with E-state index in [1.54, 1.807) is 0 Å². The van der Waals surface area contributed by atoms with Crippen LogP contribution in [0.1, 0.15) is 11.1 Å². The molecule has 0 saturated carbocycles. The third-order valence-electron chi connectivity index (χ3n) is 2.60. The van der Waals surface area contributed by atoms with Gasteiger partial charge >= 0.3 is 0 Å². The van der Waals surface area contributed by atoms with E-state index in [2.05, 4.69) is 32.6 Å². The molecule has 0 N–H and O–H groups in total. The molecule has 0 bridgehead atoms. The molecule has 1 aromatic carbocycles. The van der Waals surface area contributed by atoms with Crippen LogP contribution >= 0.6 is 11.6 Å². The minimum absolute atomic E-state index is 0.635. The molecule has 0 radical (unpaired) electrons. The molecule has 0 fully saturated rings. The van der Waals surface area contributed by atoms with Crippen LogP contribution in [0.15, 0.2) is 18.2 Å². The van der Waals surface area contributed by atoms with Crippen LogP contribution in [0, 0.1) is 6.92 Å². The van der Waals surface area contributed by atoms with Gasteiger partial charge in [-0.15, -0.1) is 0 Å². The van der Waals surface area contributed by atoms with Crippen LogP contribution in [-0.4, -0.2) is 14.7 Å². The standard InChI is InChI=1S/C13H21ClOSi/c1-11-6-5-7-13(14)12(11)10-15-8-9-16(2,3)4/h5-7H,8-10H2,1-4H3. The van der Waals surface area contributed by atoms with Gasteiger partial charge in [0, 0.05) is 19.7 Å². The lowest BCUT2D eigenvalue weighted by Gasteiger charge is -2.16. The van der Waals surface area contributed by atoms with Gasteiger partial charge in [-0.25, -0.2) is 0 Å². The van der Waals surface area contributed by atoms with Crippen molar-refractivity contribution in [1.29, 1.82) is 0 Å². The van der Waals surface area contributed by atoms with Gasteiger partial charge in [-0.2, -0.15) is 0 Å². The second-order valence-corrected chi connectivity index (χ2v) is 11.4. The van der Waals surface area contributed by atoms with Crippen molar-refractivity contribution in [3.8, 4) is 0 Å². The van der Waals surface area contributed by atoms with Crippen molar-refractivity contribution in [3.05, 3.63) is 34.3 Å². The highest BCUT2D eigenvalue weighted by Gasteiger charge is 2.12. The zero-order valence-corrected chi connectivity index (χ0v) is 12.4. The first-order valence-corrected chi connectivity index (χ1v) is 9.80. The normalized spacial score (nSPS) is 11.8. The number of halogens is 1. The largest absolute Gasteiger partial charge is 0.377 e. The first-order valence-electron chi connectivity index (χ1n) is 5.72. The summed E-state index contributed by atoms with van der Waals surface area (Å²) in [6, 6.07) is 7.18. The maximum atomic E-state index is 6.13. The number of aryl methyl sites for hydroxylation is 1. The number of rotatable bonds is 5. The molecule has 1 rings (SSSR count). The van der Waals surface area contributed by atoms with Gasteiger partial charge in [0.15, 0.2) is 0 Å². The molecule has 0 unspecified atom stereocenters. The maximum absolute atomic E-state index is 6.13. The third-order valence-corrected chi connectivity index (χ3v) is 4.65. The van der Waals surface area contributed by atoms with E-state index >= 15 is 0 Å². The minimum Gasteiger partial charge on any atom is -0.377 e. The Hall–Kier alpha value is -0.313. The zero-order chi connectivity index (χ0) is 12.2. The summed E-state index contributed by atoms with van der Waals surface area (Å²) in [6.45, 7) is 10.6. The summed E-state index contributed by atoms with van der Waals surface area (Å²) in [6.07, 6.45) is 0. The van der Waals surface area contributed by atoms with E-state index in [1.807, 2.05) is 12.1 Å². The van der Waals surface area contributed by atoms with Crippen LogP contribution in [0.25, 0.3) is 0 Å². The molecule has 0 amide bonds.